The van der Waals surface area contributed by atoms with Crippen LogP contribution in [0.15, 0.2) is 60.9 Å². The average molecular weight is 401 g/mol. The molecule has 1 atom stereocenters. The normalized spacial score (nSPS) is 15.6. The predicted octanol–water partition coefficient (Wildman–Crippen LogP) is 3.69. The standard InChI is InChI=1S/C21H18F3N3O2/c22-21(23,24)18-8-2-1-6-16(18)17-7-3-5-14-11-15(29-20(14)17)12-25-19(28)13-27-10-4-9-26-27/h1-10,15H,11-13H2,(H,25,28)/t15-/m1/s1. The molecule has 3 aromatic rings. The van der Waals surface area contributed by atoms with E-state index in [1.165, 1.54) is 16.8 Å². The molecule has 4 rings (SSSR count). The van der Waals surface area contributed by atoms with E-state index in [1.807, 2.05) is 6.07 Å². The molecule has 1 aliphatic rings. The molecule has 150 valence electrons. The van der Waals surface area contributed by atoms with Gasteiger partial charge in [-0.3, -0.25) is 9.48 Å². The van der Waals surface area contributed by atoms with Gasteiger partial charge >= 0.3 is 6.18 Å². The highest BCUT2D eigenvalue weighted by molar-refractivity contribution is 5.77. The van der Waals surface area contributed by atoms with Crippen molar-refractivity contribution in [1.82, 2.24) is 15.1 Å². The van der Waals surface area contributed by atoms with Gasteiger partial charge < -0.3 is 10.1 Å². The average Bonchev–Trinajstić information content (AvgIpc) is 3.34. The van der Waals surface area contributed by atoms with E-state index in [4.69, 9.17) is 4.74 Å². The number of aromatic nitrogens is 2. The fraction of sp³-hybridized carbons (Fsp3) is 0.238. The number of amides is 1. The molecule has 29 heavy (non-hydrogen) atoms. The number of ether oxygens (including phenoxy) is 1. The van der Waals surface area contributed by atoms with Crippen molar-refractivity contribution in [3.8, 4) is 16.9 Å². The monoisotopic (exact) mass is 401 g/mol. The van der Waals surface area contributed by atoms with E-state index >= 15 is 0 Å². The third-order valence-electron chi connectivity index (χ3n) is 4.74. The molecule has 5 nitrogen and oxygen atoms in total. The summed E-state index contributed by atoms with van der Waals surface area (Å²) < 4.78 is 47.7. The molecule has 0 radical (unpaired) electrons. The van der Waals surface area contributed by atoms with Gasteiger partial charge in [-0.15, -0.1) is 0 Å². The molecule has 1 N–H and O–H groups in total. The van der Waals surface area contributed by atoms with Gasteiger partial charge in [-0.05, 0) is 23.3 Å². The molecular formula is C21H18F3N3O2. The lowest BCUT2D eigenvalue weighted by atomic mass is 9.96. The zero-order chi connectivity index (χ0) is 20.4. The first-order valence-corrected chi connectivity index (χ1v) is 9.11. The lowest BCUT2D eigenvalue weighted by Crippen LogP contribution is -2.36. The Morgan fingerprint density at radius 3 is 2.69 bits per heavy atom. The molecule has 0 fully saturated rings. The van der Waals surface area contributed by atoms with Gasteiger partial charge in [-0.25, -0.2) is 0 Å². The summed E-state index contributed by atoms with van der Waals surface area (Å²) in [5.74, 6) is 0.228. The van der Waals surface area contributed by atoms with Crippen LogP contribution in [-0.2, 0) is 23.9 Å². The van der Waals surface area contributed by atoms with Crippen molar-refractivity contribution in [2.45, 2.75) is 25.2 Å². The van der Waals surface area contributed by atoms with Crippen LogP contribution >= 0.6 is 0 Å². The van der Waals surface area contributed by atoms with Crippen molar-refractivity contribution in [2.75, 3.05) is 6.54 Å². The number of rotatable bonds is 5. The Morgan fingerprint density at radius 2 is 1.93 bits per heavy atom. The Labute approximate surface area is 165 Å². The van der Waals surface area contributed by atoms with Crippen molar-refractivity contribution in [3.63, 3.8) is 0 Å². The Morgan fingerprint density at radius 1 is 1.14 bits per heavy atom. The van der Waals surface area contributed by atoms with Crippen LogP contribution in [0.2, 0.25) is 0 Å². The van der Waals surface area contributed by atoms with Crippen molar-refractivity contribution >= 4 is 5.91 Å². The summed E-state index contributed by atoms with van der Waals surface area (Å²) in [6.45, 7) is 0.353. The topological polar surface area (TPSA) is 56.2 Å². The second-order valence-corrected chi connectivity index (χ2v) is 6.79. The molecule has 1 aliphatic heterocycles. The SMILES string of the molecule is O=C(Cn1cccn1)NC[C@H]1Cc2cccc(-c3ccccc3C(F)(F)F)c2O1. The number of halogens is 3. The van der Waals surface area contributed by atoms with Gasteiger partial charge in [-0.2, -0.15) is 18.3 Å². The number of alkyl halides is 3. The summed E-state index contributed by atoms with van der Waals surface area (Å²) in [4.78, 5) is 12.0. The van der Waals surface area contributed by atoms with Crippen molar-refractivity contribution < 1.29 is 22.7 Å². The lowest BCUT2D eigenvalue weighted by molar-refractivity contribution is -0.137. The van der Waals surface area contributed by atoms with E-state index in [0.29, 0.717) is 17.7 Å². The minimum atomic E-state index is -4.46. The molecule has 0 unspecified atom stereocenters. The number of carbonyl (C=O) groups excluding carboxylic acids is 1. The zero-order valence-corrected chi connectivity index (χ0v) is 15.3. The van der Waals surface area contributed by atoms with E-state index in [1.54, 1.807) is 36.7 Å². The van der Waals surface area contributed by atoms with Gasteiger partial charge in [0.15, 0.2) is 0 Å². The number of nitrogens with one attached hydrogen (secondary N) is 1. The molecule has 1 amide bonds. The van der Waals surface area contributed by atoms with Crippen LogP contribution in [0, 0.1) is 0 Å². The summed E-state index contributed by atoms with van der Waals surface area (Å²) in [6.07, 6.45) is -1.02. The van der Waals surface area contributed by atoms with Crippen molar-refractivity contribution in [1.29, 1.82) is 0 Å². The zero-order valence-electron chi connectivity index (χ0n) is 15.3. The summed E-state index contributed by atoms with van der Waals surface area (Å²) in [7, 11) is 0. The second kappa shape index (κ2) is 7.62. The first-order chi connectivity index (χ1) is 13.9. The van der Waals surface area contributed by atoms with E-state index in [2.05, 4.69) is 10.4 Å². The quantitative estimate of drug-likeness (QED) is 0.710. The largest absolute Gasteiger partial charge is 0.487 e. The Balaban J connectivity index is 1.50. The maximum Gasteiger partial charge on any atom is 0.417 e. The van der Waals surface area contributed by atoms with Gasteiger partial charge in [0.1, 0.15) is 18.4 Å². The first kappa shape index (κ1) is 19.0. The fourth-order valence-corrected chi connectivity index (χ4v) is 3.45. The number of hydrogen-bond acceptors (Lipinski definition) is 3. The van der Waals surface area contributed by atoms with Crippen molar-refractivity contribution in [2.24, 2.45) is 0 Å². The van der Waals surface area contributed by atoms with Crippen LogP contribution in [0.1, 0.15) is 11.1 Å². The van der Waals surface area contributed by atoms with E-state index in [-0.39, 0.29) is 30.7 Å². The maximum atomic E-state index is 13.4. The van der Waals surface area contributed by atoms with E-state index in [9.17, 15) is 18.0 Å². The molecule has 0 spiro atoms. The fourth-order valence-electron chi connectivity index (χ4n) is 3.45. The Kier molecular flexibility index (Phi) is 5.00. The highest BCUT2D eigenvalue weighted by Gasteiger charge is 2.35. The minimum absolute atomic E-state index is 0.0835. The van der Waals surface area contributed by atoms with Crippen LogP contribution in [0.5, 0.6) is 5.75 Å². The van der Waals surface area contributed by atoms with E-state index < -0.39 is 11.7 Å². The second-order valence-electron chi connectivity index (χ2n) is 6.79. The van der Waals surface area contributed by atoms with E-state index in [0.717, 1.165) is 11.6 Å². The number of nitrogens with zero attached hydrogens (tertiary/aromatic N) is 2. The highest BCUT2D eigenvalue weighted by Crippen LogP contribution is 2.43. The predicted molar refractivity (Wildman–Crippen MR) is 100 cm³/mol. The Bertz CT molecular complexity index is 1020. The van der Waals surface area contributed by atoms with Gasteiger partial charge in [-0.1, -0.05) is 36.4 Å². The molecule has 8 heteroatoms. The molecule has 0 saturated heterocycles. The van der Waals surface area contributed by atoms with Gasteiger partial charge in [0.05, 0.1) is 12.1 Å². The number of fused-ring (bicyclic) bond motifs is 1. The molecular weight excluding hydrogens is 383 g/mol. The third-order valence-corrected chi connectivity index (χ3v) is 4.74. The first-order valence-electron chi connectivity index (χ1n) is 9.11. The van der Waals surface area contributed by atoms with Crippen LogP contribution < -0.4 is 10.1 Å². The number of benzene rings is 2. The minimum Gasteiger partial charge on any atom is -0.487 e. The Hall–Kier alpha value is -3.29. The van der Waals surface area contributed by atoms with Crippen LogP contribution in [0.3, 0.4) is 0 Å². The summed E-state index contributed by atoms with van der Waals surface area (Å²) in [5, 5.41) is 6.76. The van der Waals surface area contributed by atoms with Crippen molar-refractivity contribution in [3.05, 3.63) is 72.1 Å². The summed E-state index contributed by atoms with van der Waals surface area (Å²) in [6, 6.07) is 12.4. The molecule has 0 saturated carbocycles. The summed E-state index contributed by atoms with van der Waals surface area (Å²) in [5.41, 5.74) is 0.611. The molecule has 0 bridgehead atoms. The number of hydrogen-bond donors (Lipinski definition) is 1. The van der Waals surface area contributed by atoms with Crippen LogP contribution in [-0.4, -0.2) is 28.3 Å². The highest BCUT2D eigenvalue weighted by atomic mass is 19.4. The van der Waals surface area contributed by atoms with Crippen LogP contribution in [0.25, 0.3) is 11.1 Å². The molecule has 2 aromatic carbocycles. The maximum absolute atomic E-state index is 13.4. The van der Waals surface area contributed by atoms with Gasteiger partial charge in [0.2, 0.25) is 5.91 Å². The molecule has 0 aliphatic carbocycles. The van der Waals surface area contributed by atoms with Crippen LogP contribution in [0.4, 0.5) is 13.2 Å². The number of para-hydroxylation sites is 1. The lowest BCUT2D eigenvalue weighted by Gasteiger charge is -2.16. The van der Waals surface area contributed by atoms with Gasteiger partial charge in [0, 0.05) is 24.4 Å². The third kappa shape index (κ3) is 4.11. The smallest absolute Gasteiger partial charge is 0.417 e. The molecule has 1 aromatic heterocycles. The molecule has 2 heterocycles. The summed E-state index contributed by atoms with van der Waals surface area (Å²) >= 11 is 0. The number of carbonyl (C=O) groups is 1. The van der Waals surface area contributed by atoms with Gasteiger partial charge in [0.25, 0.3) is 0 Å².